The van der Waals surface area contributed by atoms with E-state index in [1.54, 1.807) is 20.1 Å². The van der Waals surface area contributed by atoms with Gasteiger partial charge >= 0.3 is 0 Å². The molecule has 1 aliphatic carbocycles. The lowest BCUT2D eigenvalue weighted by molar-refractivity contribution is -0.194. The van der Waals surface area contributed by atoms with Gasteiger partial charge in [0, 0.05) is 54.8 Å². The van der Waals surface area contributed by atoms with E-state index in [9.17, 15) is 9.18 Å². The Hall–Kier alpha value is -2.84. The van der Waals surface area contributed by atoms with Crippen LogP contribution in [0.3, 0.4) is 0 Å². The minimum atomic E-state index is -1.50. The highest BCUT2D eigenvalue weighted by Gasteiger charge is 2.50. The van der Waals surface area contributed by atoms with Gasteiger partial charge in [0.2, 0.25) is 6.36 Å². The highest BCUT2D eigenvalue weighted by molar-refractivity contribution is 6.03. The number of alkyl halides is 1. The van der Waals surface area contributed by atoms with Crippen molar-refractivity contribution in [3.05, 3.63) is 53.4 Å². The molecule has 6 rings (SSSR count). The molecule has 7 nitrogen and oxygen atoms in total. The van der Waals surface area contributed by atoms with Crippen molar-refractivity contribution in [3.63, 3.8) is 0 Å². The van der Waals surface area contributed by atoms with Crippen LogP contribution in [0.1, 0.15) is 56.0 Å². The van der Waals surface area contributed by atoms with Crippen LogP contribution in [0, 0.1) is 17.3 Å². The summed E-state index contributed by atoms with van der Waals surface area (Å²) in [6, 6.07) is 3.98. The molecular weight excluding hydrogens is 485 g/mol. The minimum Gasteiger partial charge on any atom is -0.496 e. The monoisotopic (exact) mass is 523 g/mol. The standard InChI is InChI=1S/C30H38FN3O4/c1-5-26(31)38-25-11-22(10-24(36-4)28(25)29(35)18(2)20-6-7-20)23-13-32-27-12-21(8-9-34(23)27)19(3)33-14-30(15-33)16-37-17-30/h8-13,18-20,26-27,32H,5-7,14-17H2,1-4H3. The van der Waals surface area contributed by atoms with E-state index in [-0.39, 0.29) is 30.0 Å². The Morgan fingerprint density at radius 1 is 1.24 bits per heavy atom. The third kappa shape index (κ3) is 4.41. The molecule has 0 aromatic heterocycles. The summed E-state index contributed by atoms with van der Waals surface area (Å²) >= 11 is 0. The summed E-state index contributed by atoms with van der Waals surface area (Å²) < 4.78 is 31.3. The van der Waals surface area contributed by atoms with Crippen LogP contribution in [-0.4, -0.2) is 67.6 Å². The summed E-state index contributed by atoms with van der Waals surface area (Å²) in [5.74, 6) is 0.835. The van der Waals surface area contributed by atoms with E-state index in [0.717, 1.165) is 50.4 Å². The van der Waals surface area contributed by atoms with Gasteiger partial charge in [-0.05, 0) is 55.5 Å². The van der Waals surface area contributed by atoms with E-state index in [1.165, 1.54) is 5.57 Å². The number of nitrogens with one attached hydrogen (secondary N) is 1. The summed E-state index contributed by atoms with van der Waals surface area (Å²) in [7, 11) is 1.55. The number of rotatable bonds is 10. The van der Waals surface area contributed by atoms with Crippen LogP contribution >= 0.6 is 0 Å². The first-order chi connectivity index (χ1) is 18.3. The molecule has 1 aromatic rings. The molecule has 38 heavy (non-hydrogen) atoms. The number of benzene rings is 1. The zero-order valence-corrected chi connectivity index (χ0v) is 22.7. The second-order valence-corrected chi connectivity index (χ2v) is 11.6. The third-order valence-corrected chi connectivity index (χ3v) is 8.82. The number of hydrogen-bond acceptors (Lipinski definition) is 7. The van der Waals surface area contributed by atoms with Crippen LogP contribution in [0.2, 0.25) is 0 Å². The molecule has 5 aliphatic rings. The molecule has 4 unspecified atom stereocenters. The zero-order valence-electron chi connectivity index (χ0n) is 22.7. The second-order valence-electron chi connectivity index (χ2n) is 11.6. The predicted octanol–water partition coefficient (Wildman–Crippen LogP) is 4.71. The van der Waals surface area contributed by atoms with Gasteiger partial charge in [0.05, 0.1) is 26.0 Å². The number of likely N-dealkylation sites (tertiary alicyclic amines) is 1. The normalized spacial score (nSPS) is 25.8. The number of ketones is 1. The van der Waals surface area contributed by atoms with Gasteiger partial charge in [-0.1, -0.05) is 13.8 Å². The van der Waals surface area contributed by atoms with Gasteiger partial charge in [-0.3, -0.25) is 9.69 Å². The van der Waals surface area contributed by atoms with E-state index in [4.69, 9.17) is 14.2 Å². The Balaban J connectivity index is 1.24. The summed E-state index contributed by atoms with van der Waals surface area (Å²) in [5.41, 5.74) is 3.72. The first-order valence-electron chi connectivity index (χ1n) is 13.9. The van der Waals surface area contributed by atoms with Crippen molar-refractivity contribution in [2.75, 3.05) is 33.4 Å². The molecule has 8 heteroatoms. The molecule has 1 saturated carbocycles. The molecule has 1 spiro atoms. The molecule has 0 amide bonds. The average molecular weight is 524 g/mol. The molecule has 2 saturated heterocycles. The Labute approximate surface area is 224 Å². The lowest BCUT2D eigenvalue weighted by Gasteiger charge is -2.57. The van der Waals surface area contributed by atoms with E-state index in [2.05, 4.69) is 40.4 Å². The summed E-state index contributed by atoms with van der Waals surface area (Å²) in [4.78, 5) is 18.1. The highest BCUT2D eigenvalue weighted by Crippen LogP contribution is 2.44. The fraction of sp³-hybridized carbons (Fsp3) is 0.567. The van der Waals surface area contributed by atoms with Gasteiger partial charge in [0.15, 0.2) is 5.78 Å². The Morgan fingerprint density at radius 3 is 2.61 bits per heavy atom. The molecule has 1 N–H and O–H groups in total. The predicted molar refractivity (Wildman–Crippen MR) is 143 cm³/mol. The molecular formula is C30H38FN3O4. The SMILES string of the molecule is CCC(F)Oc1cc(C2=CNC3C=C(C(C)N4CC5(COC5)C4)C=CN23)cc(OC)c1C(=O)C(C)C1CC1. The number of carbonyl (C=O) groups is 1. The Bertz CT molecular complexity index is 1190. The number of Topliss-reactive ketones (excluding diaryl/α,β-unsaturated/α-hetero) is 1. The number of ether oxygens (including phenoxy) is 3. The second kappa shape index (κ2) is 9.72. The van der Waals surface area contributed by atoms with Crippen LogP contribution in [0.25, 0.3) is 5.70 Å². The van der Waals surface area contributed by atoms with Crippen LogP contribution < -0.4 is 14.8 Å². The number of halogens is 1. The minimum absolute atomic E-state index is 0.0224. The largest absolute Gasteiger partial charge is 0.496 e. The van der Waals surface area contributed by atoms with Crippen molar-refractivity contribution in [1.29, 1.82) is 0 Å². The molecule has 4 atom stereocenters. The van der Waals surface area contributed by atoms with Crippen molar-refractivity contribution in [1.82, 2.24) is 15.1 Å². The lowest BCUT2D eigenvalue weighted by atomic mass is 9.76. The fourth-order valence-electron chi connectivity index (χ4n) is 6.05. The molecule has 0 bridgehead atoms. The van der Waals surface area contributed by atoms with Gasteiger partial charge < -0.3 is 24.4 Å². The lowest BCUT2D eigenvalue weighted by Crippen LogP contribution is -2.67. The van der Waals surface area contributed by atoms with Crippen molar-refractivity contribution >= 4 is 11.5 Å². The van der Waals surface area contributed by atoms with Gasteiger partial charge in [-0.15, -0.1) is 0 Å². The highest BCUT2D eigenvalue weighted by atomic mass is 19.1. The first-order valence-corrected chi connectivity index (χ1v) is 13.9. The maximum Gasteiger partial charge on any atom is 0.238 e. The number of methoxy groups -OCH3 is 1. The van der Waals surface area contributed by atoms with Gasteiger partial charge in [-0.25, -0.2) is 4.39 Å². The number of fused-ring (bicyclic) bond motifs is 1. The molecule has 4 heterocycles. The maximum absolute atomic E-state index is 14.5. The van der Waals surface area contributed by atoms with E-state index in [0.29, 0.717) is 28.7 Å². The molecule has 3 fully saturated rings. The first kappa shape index (κ1) is 25.4. The topological polar surface area (TPSA) is 63.3 Å². The fourth-order valence-corrected chi connectivity index (χ4v) is 6.05. The average Bonchev–Trinajstić information content (AvgIpc) is 3.64. The quantitative estimate of drug-likeness (QED) is 0.446. The Kier molecular flexibility index (Phi) is 6.51. The van der Waals surface area contributed by atoms with Crippen LogP contribution in [-0.2, 0) is 4.74 Å². The molecule has 1 aromatic carbocycles. The van der Waals surface area contributed by atoms with E-state index >= 15 is 0 Å². The third-order valence-electron chi connectivity index (χ3n) is 8.82. The summed E-state index contributed by atoms with van der Waals surface area (Å²) in [6.07, 6.45) is 9.24. The smallest absolute Gasteiger partial charge is 0.238 e. The van der Waals surface area contributed by atoms with Crippen LogP contribution in [0.5, 0.6) is 11.5 Å². The maximum atomic E-state index is 14.5. The van der Waals surface area contributed by atoms with Gasteiger partial charge in [0.25, 0.3) is 0 Å². The van der Waals surface area contributed by atoms with Crippen molar-refractivity contribution in [3.8, 4) is 11.5 Å². The van der Waals surface area contributed by atoms with E-state index < -0.39 is 6.36 Å². The zero-order chi connectivity index (χ0) is 26.6. The van der Waals surface area contributed by atoms with Crippen LogP contribution in [0.4, 0.5) is 4.39 Å². The van der Waals surface area contributed by atoms with Crippen LogP contribution in [0.15, 0.2) is 42.3 Å². The molecule has 204 valence electrons. The van der Waals surface area contributed by atoms with Crippen molar-refractivity contribution in [2.24, 2.45) is 17.3 Å². The number of carbonyl (C=O) groups excluding carboxylic acids is 1. The Morgan fingerprint density at radius 2 is 1.97 bits per heavy atom. The molecule has 4 aliphatic heterocycles. The number of nitrogens with zero attached hydrogens (tertiary/aromatic N) is 2. The van der Waals surface area contributed by atoms with E-state index in [1.807, 2.05) is 19.2 Å². The summed E-state index contributed by atoms with van der Waals surface area (Å²) in [6.45, 7) is 9.87. The molecule has 0 radical (unpaired) electrons. The number of hydrogen-bond donors (Lipinski definition) is 1. The van der Waals surface area contributed by atoms with Crippen molar-refractivity contribution in [2.45, 2.75) is 58.6 Å². The summed E-state index contributed by atoms with van der Waals surface area (Å²) in [5, 5.41) is 3.47. The van der Waals surface area contributed by atoms with Gasteiger partial charge in [0.1, 0.15) is 23.2 Å². The van der Waals surface area contributed by atoms with Crippen molar-refractivity contribution < 1.29 is 23.4 Å². The van der Waals surface area contributed by atoms with Gasteiger partial charge in [-0.2, -0.15) is 0 Å².